The molecule has 106 valence electrons. The zero-order valence-corrected chi connectivity index (χ0v) is 11.6. The lowest BCUT2D eigenvalue weighted by molar-refractivity contribution is 0.173. The Hall–Kier alpha value is -1.42. The van der Waals surface area contributed by atoms with Crippen LogP contribution >= 0.6 is 0 Å². The van der Waals surface area contributed by atoms with Crippen molar-refractivity contribution in [2.24, 2.45) is 5.73 Å². The Morgan fingerprint density at radius 2 is 1.84 bits per heavy atom. The third-order valence-electron chi connectivity index (χ3n) is 3.28. The molecule has 1 heterocycles. The van der Waals surface area contributed by atoms with Gasteiger partial charge < -0.3 is 19.9 Å². The largest absolute Gasteiger partial charge is 0.493 e. The van der Waals surface area contributed by atoms with Crippen molar-refractivity contribution in [3.8, 4) is 17.2 Å². The summed E-state index contributed by atoms with van der Waals surface area (Å²) >= 11 is 0. The molecule has 0 unspecified atom stereocenters. The summed E-state index contributed by atoms with van der Waals surface area (Å²) in [7, 11) is 0. The average Bonchev–Trinajstić information content (AvgIpc) is 2.88. The van der Waals surface area contributed by atoms with Gasteiger partial charge in [0.15, 0.2) is 11.5 Å². The van der Waals surface area contributed by atoms with Gasteiger partial charge in [0.1, 0.15) is 5.75 Å². The minimum Gasteiger partial charge on any atom is -0.493 e. The summed E-state index contributed by atoms with van der Waals surface area (Å²) < 4.78 is 16.5. The fourth-order valence-corrected chi connectivity index (χ4v) is 2.15. The fourth-order valence-electron chi connectivity index (χ4n) is 2.15. The van der Waals surface area contributed by atoms with Crippen molar-refractivity contribution < 1.29 is 14.2 Å². The average molecular weight is 265 g/mol. The molecule has 1 aliphatic heterocycles. The number of fused-ring (bicyclic) bond motifs is 1. The zero-order valence-electron chi connectivity index (χ0n) is 11.6. The molecule has 0 fully saturated rings. The first-order valence-electron chi connectivity index (χ1n) is 7.10. The minimum absolute atomic E-state index is 0.278. The maximum Gasteiger partial charge on any atom is 0.231 e. The first-order valence-corrected chi connectivity index (χ1v) is 7.10. The van der Waals surface area contributed by atoms with Gasteiger partial charge in [-0.15, -0.1) is 0 Å². The lowest BCUT2D eigenvalue weighted by Crippen LogP contribution is -2.04. The predicted octanol–water partition coefficient (Wildman–Crippen LogP) is 3.22. The van der Waals surface area contributed by atoms with E-state index < -0.39 is 0 Å². The highest BCUT2D eigenvalue weighted by Crippen LogP contribution is 2.38. The molecule has 4 heteroatoms. The second-order valence-corrected chi connectivity index (χ2v) is 4.78. The molecule has 2 N–H and O–H groups in total. The van der Waals surface area contributed by atoms with E-state index >= 15 is 0 Å². The third kappa shape index (κ3) is 3.77. The van der Waals surface area contributed by atoms with E-state index in [2.05, 4.69) is 6.92 Å². The molecule has 1 aromatic rings. The third-order valence-corrected chi connectivity index (χ3v) is 3.28. The smallest absolute Gasteiger partial charge is 0.231 e. The Bertz CT molecular complexity index is 407. The van der Waals surface area contributed by atoms with Gasteiger partial charge in [-0.1, -0.05) is 32.6 Å². The van der Waals surface area contributed by atoms with E-state index in [4.69, 9.17) is 19.9 Å². The van der Waals surface area contributed by atoms with Crippen molar-refractivity contribution in [1.82, 2.24) is 0 Å². The summed E-state index contributed by atoms with van der Waals surface area (Å²) in [6, 6.07) is 3.80. The number of ether oxygens (including phenoxy) is 3. The van der Waals surface area contributed by atoms with Crippen LogP contribution in [0.15, 0.2) is 12.1 Å². The van der Waals surface area contributed by atoms with Crippen LogP contribution in [0.25, 0.3) is 0 Å². The van der Waals surface area contributed by atoms with E-state index in [0.29, 0.717) is 6.54 Å². The Morgan fingerprint density at radius 1 is 1.11 bits per heavy atom. The van der Waals surface area contributed by atoms with Crippen LogP contribution in [0, 0.1) is 0 Å². The molecule has 2 rings (SSSR count). The molecule has 1 aromatic carbocycles. The van der Waals surface area contributed by atoms with Gasteiger partial charge in [0.25, 0.3) is 0 Å². The van der Waals surface area contributed by atoms with E-state index in [0.717, 1.165) is 35.8 Å². The Labute approximate surface area is 114 Å². The fraction of sp³-hybridized carbons (Fsp3) is 0.600. The highest BCUT2D eigenvalue weighted by Gasteiger charge is 2.17. The Morgan fingerprint density at radius 3 is 2.58 bits per heavy atom. The highest BCUT2D eigenvalue weighted by molar-refractivity contribution is 5.51. The molecular weight excluding hydrogens is 242 g/mol. The van der Waals surface area contributed by atoms with Crippen molar-refractivity contribution in [3.05, 3.63) is 17.7 Å². The van der Waals surface area contributed by atoms with Crippen LogP contribution in [0.3, 0.4) is 0 Å². The molecule has 19 heavy (non-hydrogen) atoms. The molecule has 0 atom stereocenters. The van der Waals surface area contributed by atoms with E-state index in [-0.39, 0.29) is 6.79 Å². The summed E-state index contributed by atoms with van der Waals surface area (Å²) in [5.41, 5.74) is 6.71. The SMILES string of the molecule is CCCCCCCOc1cc2c(cc1CN)OCO2. The molecule has 0 radical (unpaired) electrons. The monoisotopic (exact) mass is 265 g/mol. The van der Waals surface area contributed by atoms with Crippen molar-refractivity contribution in [1.29, 1.82) is 0 Å². The maximum atomic E-state index is 5.82. The Balaban J connectivity index is 1.85. The van der Waals surface area contributed by atoms with Crippen LogP contribution in [-0.2, 0) is 6.54 Å². The van der Waals surface area contributed by atoms with Gasteiger partial charge in [0.2, 0.25) is 6.79 Å². The van der Waals surface area contributed by atoms with Gasteiger partial charge in [-0.05, 0) is 12.5 Å². The maximum absolute atomic E-state index is 5.82. The van der Waals surface area contributed by atoms with Gasteiger partial charge in [-0.2, -0.15) is 0 Å². The number of benzene rings is 1. The van der Waals surface area contributed by atoms with Gasteiger partial charge >= 0.3 is 0 Å². The van der Waals surface area contributed by atoms with Gasteiger partial charge in [0, 0.05) is 18.2 Å². The van der Waals surface area contributed by atoms with Crippen LogP contribution in [0.2, 0.25) is 0 Å². The highest BCUT2D eigenvalue weighted by atomic mass is 16.7. The van der Waals surface area contributed by atoms with Crippen LogP contribution in [0.1, 0.15) is 44.6 Å². The first-order chi connectivity index (χ1) is 9.35. The van der Waals surface area contributed by atoms with Crippen molar-refractivity contribution in [2.75, 3.05) is 13.4 Å². The molecule has 0 aromatic heterocycles. The number of hydrogen-bond acceptors (Lipinski definition) is 4. The molecule has 0 spiro atoms. The van der Waals surface area contributed by atoms with Gasteiger partial charge in [-0.3, -0.25) is 0 Å². The van der Waals surface area contributed by atoms with Crippen molar-refractivity contribution in [2.45, 2.75) is 45.6 Å². The molecule has 0 amide bonds. The standard InChI is InChI=1S/C15H23NO3/c1-2-3-4-5-6-7-17-13-9-15-14(18-11-19-15)8-12(13)10-16/h8-9H,2-7,10-11,16H2,1H3. The van der Waals surface area contributed by atoms with Gasteiger partial charge in [-0.25, -0.2) is 0 Å². The normalized spacial score (nSPS) is 12.7. The molecule has 0 aliphatic carbocycles. The number of hydrogen-bond donors (Lipinski definition) is 1. The Kier molecular flexibility index (Phi) is 5.33. The zero-order chi connectivity index (χ0) is 13.5. The van der Waals surface area contributed by atoms with E-state index in [1.807, 2.05) is 12.1 Å². The van der Waals surface area contributed by atoms with E-state index in [1.165, 1.54) is 25.7 Å². The van der Waals surface area contributed by atoms with Crippen LogP contribution in [0.4, 0.5) is 0 Å². The molecular formula is C15H23NO3. The van der Waals surface area contributed by atoms with E-state index in [1.54, 1.807) is 0 Å². The number of unbranched alkanes of at least 4 members (excludes halogenated alkanes) is 4. The molecule has 0 saturated heterocycles. The van der Waals surface area contributed by atoms with Crippen LogP contribution in [0.5, 0.6) is 17.2 Å². The minimum atomic E-state index is 0.278. The molecule has 0 saturated carbocycles. The first kappa shape index (κ1) is 14.0. The topological polar surface area (TPSA) is 53.7 Å². The second-order valence-electron chi connectivity index (χ2n) is 4.78. The number of rotatable bonds is 8. The lowest BCUT2D eigenvalue weighted by Gasteiger charge is -2.11. The van der Waals surface area contributed by atoms with Crippen molar-refractivity contribution in [3.63, 3.8) is 0 Å². The lowest BCUT2D eigenvalue weighted by atomic mass is 10.1. The quantitative estimate of drug-likeness (QED) is 0.733. The summed E-state index contributed by atoms with van der Waals surface area (Å²) in [6.45, 7) is 3.68. The molecule has 0 bridgehead atoms. The summed E-state index contributed by atoms with van der Waals surface area (Å²) in [4.78, 5) is 0. The second kappa shape index (κ2) is 7.24. The van der Waals surface area contributed by atoms with Crippen LogP contribution < -0.4 is 19.9 Å². The summed E-state index contributed by atoms with van der Waals surface area (Å²) in [6.07, 6.45) is 6.15. The van der Waals surface area contributed by atoms with Crippen LogP contribution in [-0.4, -0.2) is 13.4 Å². The van der Waals surface area contributed by atoms with Crippen molar-refractivity contribution >= 4 is 0 Å². The van der Waals surface area contributed by atoms with Gasteiger partial charge in [0.05, 0.1) is 6.61 Å². The van der Waals surface area contributed by atoms with E-state index in [9.17, 15) is 0 Å². The number of nitrogens with two attached hydrogens (primary N) is 1. The predicted molar refractivity (Wildman–Crippen MR) is 74.7 cm³/mol. The molecule has 4 nitrogen and oxygen atoms in total. The molecule has 1 aliphatic rings. The summed E-state index contributed by atoms with van der Waals surface area (Å²) in [5, 5.41) is 0. The summed E-state index contributed by atoms with van der Waals surface area (Å²) in [5.74, 6) is 2.33.